The number of rotatable bonds is 2. The van der Waals surface area contributed by atoms with Crippen LogP contribution in [0, 0.1) is 12.3 Å². The summed E-state index contributed by atoms with van der Waals surface area (Å²) in [6.45, 7) is 3.06. The Morgan fingerprint density at radius 2 is 2.20 bits per heavy atom. The summed E-state index contributed by atoms with van der Waals surface area (Å²) in [7, 11) is 1.75. The molecule has 0 bridgehead atoms. The molecule has 8 nitrogen and oxygen atoms in total. The molecule has 1 amide bonds. The van der Waals surface area contributed by atoms with Gasteiger partial charge in [-0.25, -0.2) is 4.98 Å². The van der Waals surface area contributed by atoms with Crippen molar-refractivity contribution in [1.29, 1.82) is 0 Å². The number of ether oxygens (including phenoxy) is 1. The van der Waals surface area contributed by atoms with E-state index in [1.54, 1.807) is 18.9 Å². The summed E-state index contributed by atoms with van der Waals surface area (Å²) >= 11 is 0. The molecule has 2 aromatic heterocycles. The smallest absolute Gasteiger partial charge is 0.286 e. The minimum atomic E-state index is -0.398. The lowest BCUT2D eigenvalue weighted by Crippen LogP contribution is -2.50. The minimum absolute atomic E-state index is 0.0287. The molecule has 1 spiro atoms. The third-order valence-corrected chi connectivity index (χ3v) is 5.72. The van der Waals surface area contributed by atoms with Gasteiger partial charge in [0.25, 0.3) is 17.2 Å². The third kappa shape index (κ3) is 2.55. The van der Waals surface area contributed by atoms with E-state index >= 15 is 0 Å². The number of fused-ring (bicyclic) bond motifs is 1. The van der Waals surface area contributed by atoms with Crippen LogP contribution in [0.2, 0.25) is 0 Å². The molecule has 1 aliphatic heterocycles. The average molecular weight is 345 g/mol. The second-order valence-corrected chi connectivity index (χ2v) is 7.23. The molecule has 1 saturated heterocycles. The maximum atomic E-state index is 13.0. The van der Waals surface area contributed by atoms with Gasteiger partial charge in [0.05, 0.1) is 6.10 Å². The van der Waals surface area contributed by atoms with Crippen molar-refractivity contribution >= 4 is 11.7 Å². The molecule has 1 aliphatic carbocycles. The van der Waals surface area contributed by atoms with Crippen molar-refractivity contribution in [3.8, 4) is 0 Å². The first-order chi connectivity index (χ1) is 12.0. The average Bonchev–Trinajstić information content (AvgIpc) is 3.18. The van der Waals surface area contributed by atoms with Gasteiger partial charge >= 0.3 is 0 Å². The molecule has 134 valence electrons. The van der Waals surface area contributed by atoms with Gasteiger partial charge in [-0.2, -0.15) is 9.50 Å². The van der Waals surface area contributed by atoms with E-state index in [-0.39, 0.29) is 28.8 Å². The zero-order valence-corrected chi connectivity index (χ0v) is 14.6. The second kappa shape index (κ2) is 5.94. The number of nitrogens with one attached hydrogen (secondary N) is 1. The highest BCUT2D eigenvalue weighted by atomic mass is 16.5. The van der Waals surface area contributed by atoms with Crippen LogP contribution in [0.15, 0.2) is 11.0 Å². The molecular weight excluding hydrogens is 322 g/mol. The zero-order chi connectivity index (χ0) is 17.6. The topological polar surface area (TPSA) is 92.6 Å². The van der Waals surface area contributed by atoms with Crippen molar-refractivity contribution in [2.24, 2.45) is 5.41 Å². The van der Waals surface area contributed by atoms with Gasteiger partial charge in [0, 0.05) is 31.8 Å². The van der Waals surface area contributed by atoms with E-state index in [2.05, 4.69) is 15.1 Å². The third-order valence-electron chi connectivity index (χ3n) is 5.72. The van der Waals surface area contributed by atoms with Gasteiger partial charge in [0.2, 0.25) is 0 Å². The van der Waals surface area contributed by atoms with Crippen molar-refractivity contribution in [3.05, 3.63) is 27.9 Å². The molecule has 3 heterocycles. The number of likely N-dealkylation sites (tertiary alicyclic amines) is 1. The Kier molecular flexibility index (Phi) is 3.87. The number of hydrogen-bond donors (Lipinski definition) is 1. The van der Waals surface area contributed by atoms with Crippen LogP contribution >= 0.6 is 0 Å². The molecule has 2 aliphatic rings. The first kappa shape index (κ1) is 16.3. The Balaban J connectivity index is 1.65. The minimum Gasteiger partial charge on any atom is -0.381 e. The maximum absolute atomic E-state index is 13.0. The number of carbonyl (C=O) groups is 1. The quantitative estimate of drug-likeness (QED) is 0.881. The van der Waals surface area contributed by atoms with E-state index in [1.807, 2.05) is 0 Å². The van der Waals surface area contributed by atoms with Gasteiger partial charge in [-0.15, -0.1) is 0 Å². The molecule has 25 heavy (non-hydrogen) atoms. The fraction of sp³-hybridized carbons (Fsp3) is 0.647. The predicted octanol–water partition coefficient (Wildman–Crippen LogP) is 1.15. The van der Waals surface area contributed by atoms with Crippen molar-refractivity contribution in [2.45, 2.75) is 45.1 Å². The van der Waals surface area contributed by atoms with E-state index < -0.39 is 5.56 Å². The standard InChI is InChI=1S/C17H23N5O3/c1-11-19-16-18-9-12(15(24)22(16)20-11)14(23)21-8-4-7-17(10-21)6-3-5-13(17)25-2/h9,13H,3-8,10H2,1-2H3,(H,18,19,20)/t13-,17-/m1/s1. The molecule has 2 fully saturated rings. The Morgan fingerprint density at radius 3 is 3.00 bits per heavy atom. The Hall–Kier alpha value is -2.22. The molecular formula is C17H23N5O3. The van der Waals surface area contributed by atoms with Crippen LogP contribution in [0.25, 0.3) is 5.78 Å². The van der Waals surface area contributed by atoms with Crippen LogP contribution in [0.1, 0.15) is 48.3 Å². The highest BCUT2D eigenvalue weighted by molar-refractivity contribution is 5.93. The van der Waals surface area contributed by atoms with Crippen molar-refractivity contribution < 1.29 is 9.53 Å². The van der Waals surface area contributed by atoms with Crippen LogP contribution in [0.5, 0.6) is 0 Å². The van der Waals surface area contributed by atoms with Crippen LogP contribution in [-0.4, -0.2) is 56.7 Å². The number of aromatic amines is 1. The summed E-state index contributed by atoms with van der Waals surface area (Å²) in [5.74, 6) is 0.615. The van der Waals surface area contributed by atoms with Gasteiger partial charge < -0.3 is 9.64 Å². The molecule has 0 aromatic carbocycles. The monoisotopic (exact) mass is 345 g/mol. The number of hydrogen-bond acceptors (Lipinski definition) is 5. The number of methoxy groups -OCH3 is 1. The molecule has 0 radical (unpaired) electrons. The van der Waals surface area contributed by atoms with E-state index in [0.717, 1.165) is 32.1 Å². The molecule has 0 unspecified atom stereocenters. The van der Waals surface area contributed by atoms with E-state index in [4.69, 9.17) is 4.74 Å². The number of H-pyrrole nitrogens is 1. The first-order valence-corrected chi connectivity index (χ1v) is 8.80. The number of aromatic nitrogens is 4. The lowest BCUT2D eigenvalue weighted by Gasteiger charge is -2.43. The Labute approximate surface area is 145 Å². The molecule has 1 saturated carbocycles. The summed E-state index contributed by atoms with van der Waals surface area (Å²) in [6.07, 6.45) is 6.80. The molecule has 2 aromatic rings. The largest absolute Gasteiger partial charge is 0.381 e. The number of nitrogens with zero attached hydrogens (tertiary/aromatic N) is 4. The Bertz CT molecular complexity index is 873. The van der Waals surface area contributed by atoms with Crippen LogP contribution in [0.3, 0.4) is 0 Å². The fourth-order valence-electron chi connectivity index (χ4n) is 4.55. The summed E-state index contributed by atoms with van der Waals surface area (Å²) < 4.78 is 6.92. The van der Waals surface area contributed by atoms with Gasteiger partial charge in [0.1, 0.15) is 11.4 Å². The highest BCUT2D eigenvalue weighted by Gasteiger charge is 2.46. The predicted molar refractivity (Wildman–Crippen MR) is 90.6 cm³/mol. The van der Waals surface area contributed by atoms with Crippen molar-refractivity contribution in [2.75, 3.05) is 20.2 Å². The summed E-state index contributed by atoms with van der Waals surface area (Å²) in [4.78, 5) is 35.7. The van der Waals surface area contributed by atoms with E-state index in [0.29, 0.717) is 18.9 Å². The summed E-state index contributed by atoms with van der Waals surface area (Å²) in [6, 6.07) is 0. The Morgan fingerprint density at radius 1 is 1.40 bits per heavy atom. The molecule has 8 heteroatoms. The van der Waals surface area contributed by atoms with Gasteiger partial charge in [-0.3, -0.25) is 14.7 Å². The molecule has 4 rings (SSSR count). The zero-order valence-electron chi connectivity index (χ0n) is 14.6. The van der Waals surface area contributed by atoms with Crippen molar-refractivity contribution in [1.82, 2.24) is 24.5 Å². The van der Waals surface area contributed by atoms with Crippen LogP contribution in [0.4, 0.5) is 0 Å². The van der Waals surface area contributed by atoms with Gasteiger partial charge in [-0.05, 0) is 32.6 Å². The van der Waals surface area contributed by atoms with Gasteiger partial charge in [0.15, 0.2) is 0 Å². The van der Waals surface area contributed by atoms with E-state index in [1.165, 1.54) is 10.7 Å². The SMILES string of the molecule is CO[C@@H]1CCC[C@]12CCCN(C(=O)c1cnc3nc(C)[nH]n3c1=O)C2. The normalized spacial score (nSPS) is 26.6. The summed E-state index contributed by atoms with van der Waals surface area (Å²) in [5, 5.41) is 2.83. The van der Waals surface area contributed by atoms with Crippen LogP contribution in [-0.2, 0) is 4.74 Å². The maximum Gasteiger partial charge on any atom is 0.286 e. The first-order valence-electron chi connectivity index (χ1n) is 8.80. The lowest BCUT2D eigenvalue weighted by molar-refractivity contribution is -0.0295. The van der Waals surface area contributed by atoms with Crippen molar-refractivity contribution in [3.63, 3.8) is 0 Å². The fourth-order valence-corrected chi connectivity index (χ4v) is 4.55. The number of carbonyl (C=O) groups excluding carboxylic acids is 1. The number of aryl methyl sites for hydroxylation is 1. The highest BCUT2D eigenvalue weighted by Crippen LogP contribution is 2.46. The van der Waals surface area contributed by atoms with Crippen LogP contribution < -0.4 is 5.56 Å². The molecule has 2 atom stereocenters. The number of piperidine rings is 1. The summed E-state index contributed by atoms with van der Waals surface area (Å²) in [5.41, 5.74) is -0.281. The van der Waals surface area contributed by atoms with Gasteiger partial charge in [-0.1, -0.05) is 6.42 Å². The molecule has 1 N–H and O–H groups in total. The number of amides is 1. The van der Waals surface area contributed by atoms with E-state index in [9.17, 15) is 9.59 Å². The lowest BCUT2D eigenvalue weighted by atomic mass is 9.76. The second-order valence-electron chi connectivity index (χ2n) is 7.23.